The van der Waals surface area contributed by atoms with E-state index >= 15 is 0 Å². The lowest BCUT2D eigenvalue weighted by atomic mass is 10.1. The standard InChI is InChI=1S/C20H40O2/c1-2-3-4-5-6-7-8-9-10-11-12-13-17-21-19-16-20-15-14-18-22-20/h20H,2-19H2,1H3. The van der Waals surface area contributed by atoms with Gasteiger partial charge in [0.15, 0.2) is 0 Å². The Hall–Kier alpha value is -0.0800. The average molecular weight is 313 g/mol. The summed E-state index contributed by atoms with van der Waals surface area (Å²) in [5, 5.41) is 0. The molecule has 0 spiro atoms. The minimum Gasteiger partial charge on any atom is -0.381 e. The smallest absolute Gasteiger partial charge is 0.0597 e. The molecule has 1 aliphatic heterocycles. The normalized spacial score (nSPS) is 18.1. The molecule has 0 aromatic heterocycles. The first kappa shape index (κ1) is 20.0. The second kappa shape index (κ2) is 15.8. The number of unbranched alkanes of at least 4 members (excludes halogenated alkanes) is 11. The summed E-state index contributed by atoms with van der Waals surface area (Å²) in [6, 6.07) is 0. The van der Waals surface area contributed by atoms with Crippen LogP contribution in [0.25, 0.3) is 0 Å². The SMILES string of the molecule is CCCCCCCCCCCCCCOCCC1CCCO1. The van der Waals surface area contributed by atoms with Gasteiger partial charge in [-0.25, -0.2) is 0 Å². The molecule has 2 nitrogen and oxygen atoms in total. The molecule has 2 heteroatoms. The molecule has 0 N–H and O–H groups in total. The number of hydrogen-bond acceptors (Lipinski definition) is 2. The predicted molar refractivity (Wildman–Crippen MR) is 95.5 cm³/mol. The average Bonchev–Trinajstić information content (AvgIpc) is 3.04. The summed E-state index contributed by atoms with van der Waals surface area (Å²) in [6.45, 7) is 5.09. The predicted octanol–water partition coefficient (Wildman–Crippen LogP) is 6.27. The van der Waals surface area contributed by atoms with Crippen molar-refractivity contribution in [3.05, 3.63) is 0 Å². The van der Waals surface area contributed by atoms with Gasteiger partial charge in [-0.15, -0.1) is 0 Å². The highest BCUT2D eigenvalue weighted by Crippen LogP contribution is 2.15. The zero-order valence-corrected chi connectivity index (χ0v) is 15.1. The summed E-state index contributed by atoms with van der Waals surface area (Å²) in [6.07, 6.45) is 20.9. The third-order valence-electron chi connectivity index (χ3n) is 4.75. The first-order chi connectivity index (χ1) is 10.9. The molecule has 0 aromatic carbocycles. The van der Waals surface area contributed by atoms with Crippen LogP contribution in [0.2, 0.25) is 0 Å². The van der Waals surface area contributed by atoms with Gasteiger partial charge in [-0.1, -0.05) is 77.6 Å². The summed E-state index contributed by atoms with van der Waals surface area (Å²) in [5.74, 6) is 0. The van der Waals surface area contributed by atoms with E-state index in [2.05, 4.69) is 6.92 Å². The molecule has 0 saturated carbocycles. The fourth-order valence-corrected chi connectivity index (χ4v) is 3.23. The van der Waals surface area contributed by atoms with Crippen molar-refractivity contribution in [2.24, 2.45) is 0 Å². The fraction of sp³-hybridized carbons (Fsp3) is 1.00. The molecule has 22 heavy (non-hydrogen) atoms. The van der Waals surface area contributed by atoms with Crippen LogP contribution < -0.4 is 0 Å². The van der Waals surface area contributed by atoms with Crippen LogP contribution in [0.4, 0.5) is 0 Å². The Morgan fingerprint density at radius 2 is 1.36 bits per heavy atom. The Morgan fingerprint density at radius 1 is 0.773 bits per heavy atom. The number of hydrogen-bond donors (Lipinski definition) is 0. The molecular formula is C20H40O2. The number of ether oxygens (including phenoxy) is 2. The van der Waals surface area contributed by atoms with E-state index in [-0.39, 0.29) is 0 Å². The summed E-state index contributed by atoms with van der Waals surface area (Å²) in [7, 11) is 0. The van der Waals surface area contributed by atoms with Crippen LogP contribution >= 0.6 is 0 Å². The van der Waals surface area contributed by atoms with Crippen LogP contribution in [-0.2, 0) is 9.47 Å². The third kappa shape index (κ3) is 12.5. The molecule has 1 rings (SSSR count). The first-order valence-electron chi connectivity index (χ1n) is 10.1. The minimum atomic E-state index is 0.488. The van der Waals surface area contributed by atoms with E-state index in [0.29, 0.717) is 6.10 Å². The number of rotatable bonds is 16. The van der Waals surface area contributed by atoms with Crippen LogP contribution in [0.3, 0.4) is 0 Å². The molecule has 0 bridgehead atoms. The van der Waals surface area contributed by atoms with Gasteiger partial charge < -0.3 is 9.47 Å². The topological polar surface area (TPSA) is 18.5 Å². The van der Waals surface area contributed by atoms with Crippen molar-refractivity contribution < 1.29 is 9.47 Å². The van der Waals surface area contributed by atoms with E-state index in [1.54, 1.807) is 0 Å². The molecule has 0 amide bonds. The maximum absolute atomic E-state index is 5.71. The fourth-order valence-electron chi connectivity index (χ4n) is 3.23. The van der Waals surface area contributed by atoms with Crippen molar-refractivity contribution in [1.29, 1.82) is 0 Å². The Kier molecular flexibility index (Phi) is 14.3. The van der Waals surface area contributed by atoms with E-state index in [1.807, 2.05) is 0 Å². The van der Waals surface area contributed by atoms with Crippen LogP contribution in [0.1, 0.15) is 103 Å². The highest BCUT2D eigenvalue weighted by molar-refractivity contribution is 4.63. The van der Waals surface area contributed by atoms with Crippen molar-refractivity contribution in [3.8, 4) is 0 Å². The minimum absolute atomic E-state index is 0.488. The van der Waals surface area contributed by atoms with E-state index in [0.717, 1.165) is 26.2 Å². The summed E-state index contributed by atoms with van der Waals surface area (Å²) >= 11 is 0. The molecular weight excluding hydrogens is 272 g/mol. The van der Waals surface area contributed by atoms with E-state index < -0.39 is 0 Å². The molecule has 0 aromatic rings. The Labute approximate surface area is 139 Å². The maximum Gasteiger partial charge on any atom is 0.0597 e. The molecule has 0 radical (unpaired) electrons. The van der Waals surface area contributed by atoms with Gasteiger partial charge in [0.05, 0.1) is 6.10 Å². The lowest BCUT2D eigenvalue weighted by Crippen LogP contribution is -2.09. The van der Waals surface area contributed by atoms with Crippen molar-refractivity contribution in [3.63, 3.8) is 0 Å². The van der Waals surface area contributed by atoms with Crippen LogP contribution in [0.5, 0.6) is 0 Å². The van der Waals surface area contributed by atoms with Gasteiger partial charge in [0.1, 0.15) is 0 Å². The molecule has 0 aliphatic carbocycles. The van der Waals surface area contributed by atoms with Crippen molar-refractivity contribution >= 4 is 0 Å². The zero-order chi connectivity index (χ0) is 15.7. The maximum atomic E-state index is 5.71. The van der Waals surface area contributed by atoms with E-state index in [9.17, 15) is 0 Å². The summed E-state index contributed by atoms with van der Waals surface area (Å²) in [4.78, 5) is 0. The van der Waals surface area contributed by atoms with E-state index in [1.165, 1.54) is 89.9 Å². The highest BCUT2D eigenvalue weighted by Gasteiger charge is 2.14. The monoisotopic (exact) mass is 312 g/mol. The van der Waals surface area contributed by atoms with Gasteiger partial charge in [-0.2, -0.15) is 0 Å². The highest BCUT2D eigenvalue weighted by atomic mass is 16.5. The van der Waals surface area contributed by atoms with Crippen LogP contribution in [0, 0.1) is 0 Å². The van der Waals surface area contributed by atoms with Crippen molar-refractivity contribution in [1.82, 2.24) is 0 Å². The Balaban J connectivity index is 1.64. The van der Waals surface area contributed by atoms with Gasteiger partial charge >= 0.3 is 0 Å². The van der Waals surface area contributed by atoms with Crippen molar-refractivity contribution in [2.45, 2.75) is 109 Å². The van der Waals surface area contributed by atoms with Gasteiger partial charge in [0, 0.05) is 19.8 Å². The second-order valence-electron chi connectivity index (χ2n) is 6.93. The lowest BCUT2D eigenvalue weighted by molar-refractivity contribution is 0.0582. The van der Waals surface area contributed by atoms with Crippen LogP contribution in [-0.4, -0.2) is 25.9 Å². The second-order valence-corrected chi connectivity index (χ2v) is 6.93. The molecule has 1 aliphatic rings. The van der Waals surface area contributed by atoms with Gasteiger partial charge in [-0.05, 0) is 25.7 Å². The molecule has 1 unspecified atom stereocenters. The summed E-state index contributed by atoms with van der Waals surface area (Å²) in [5.41, 5.74) is 0. The molecule has 1 atom stereocenters. The zero-order valence-electron chi connectivity index (χ0n) is 15.1. The molecule has 1 saturated heterocycles. The summed E-state index contributed by atoms with van der Waals surface area (Å²) < 4.78 is 11.3. The largest absolute Gasteiger partial charge is 0.381 e. The lowest BCUT2D eigenvalue weighted by Gasteiger charge is -2.09. The molecule has 132 valence electrons. The van der Waals surface area contributed by atoms with Crippen LogP contribution in [0.15, 0.2) is 0 Å². The first-order valence-corrected chi connectivity index (χ1v) is 10.1. The van der Waals surface area contributed by atoms with Gasteiger partial charge in [0.25, 0.3) is 0 Å². The van der Waals surface area contributed by atoms with Gasteiger partial charge in [0.2, 0.25) is 0 Å². The van der Waals surface area contributed by atoms with Crippen molar-refractivity contribution in [2.75, 3.05) is 19.8 Å². The Morgan fingerprint density at radius 3 is 1.91 bits per heavy atom. The molecule has 1 fully saturated rings. The Bertz CT molecular complexity index is 212. The van der Waals surface area contributed by atoms with Gasteiger partial charge in [-0.3, -0.25) is 0 Å². The molecule has 1 heterocycles. The quantitative estimate of drug-likeness (QED) is 0.312. The van der Waals surface area contributed by atoms with E-state index in [4.69, 9.17) is 9.47 Å². The third-order valence-corrected chi connectivity index (χ3v) is 4.75.